The lowest BCUT2D eigenvalue weighted by atomic mass is 9.69. The van der Waals surface area contributed by atoms with Gasteiger partial charge in [-0.2, -0.15) is 0 Å². The van der Waals surface area contributed by atoms with Gasteiger partial charge in [-0.3, -0.25) is 0 Å². The molecule has 73 heavy (non-hydrogen) atoms. The number of aromatic nitrogens is 4. The molecule has 8 aromatic carbocycles. The molecule has 4 nitrogen and oxygen atoms in total. The molecule has 0 amide bonds. The molecule has 0 N–H and O–H groups in total. The van der Waals surface area contributed by atoms with Gasteiger partial charge in [0, 0.05) is 44.2 Å². The van der Waals surface area contributed by atoms with E-state index in [1.165, 1.54) is 94.0 Å². The van der Waals surface area contributed by atoms with Crippen molar-refractivity contribution in [3.63, 3.8) is 0 Å². The molecular formula is C69H48N4. The van der Waals surface area contributed by atoms with Crippen LogP contribution in [0.15, 0.2) is 224 Å². The molecule has 1 unspecified atom stereocenters. The van der Waals surface area contributed by atoms with Crippen LogP contribution in [0.3, 0.4) is 0 Å². The van der Waals surface area contributed by atoms with E-state index in [2.05, 4.69) is 234 Å². The van der Waals surface area contributed by atoms with Gasteiger partial charge in [-0.25, -0.2) is 9.97 Å². The van der Waals surface area contributed by atoms with Gasteiger partial charge in [-0.1, -0.05) is 182 Å². The molecule has 1 spiro atoms. The largest absolute Gasteiger partial charge is 0.317 e. The Balaban J connectivity index is 0.954. The number of rotatable bonds is 5. The van der Waals surface area contributed by atoms with Crippen molar-refractivity contribution in [3.8, 4) is 39.5 Å². The SMILES string of the molecule is C1=Cc2c(n(-c3cc(C4=CCC(n5c(-c6ccccc6)nc6ccccc65)C=C4)cc(-c4nc5ccccc5c5ccc6c(c45)C4=CCCC=C4C64c5ccccc5-c5ccccc54)c3)c3ccccc23)CC1. The van der Waals surface area contributed by atoms with Gasteiger partial charge in [0.15, 0.2) is 0 Å². The first-order valence-corrected chi connectivity index (χ1v) is 26.0. The molecule has 0 radical (unpaired) electrons. The maximum absolute atomic E-state index is 5.85. The zero-order chi connectivity index (χ0) is 47.8. The highest BCUT2D eigenvalue weighted by molar-refractivity contribution is 6.19. The van der Waals surface area contributed by atoms with E-state index >= 15 is 0 Å². The van der Waals surface area contributed by atoms with Crippen molar-refractivity contribution in [1.82, 2.24) is 19.1 Å². The van der Waals surface area contributed by atoms with Crippen LogP contribution in [-0.2, 0) is 11.8 Å². The molecule has 3 heterocycles. The van der Waals surface area contributed by atoms with Gasteiger partial charge in [0.1, 0.15) is 5.82 Å². The van der Waals surface area contributed by atoms with E-state index in [9.17, 15) is 0 Å². The fourth-order valence-corrected chi connectivity index (χ4v) is 13.8. The lowest BCUT2D eigenvalue weighted by molar-refractivity contribution is 0.632. The zero-order valence-corrected chi connectivity index (χ0v) is 40.3. The highest BCUT2D eigenvalue weighted by Crippen LogP contribution is 2.66. The third-order valence-electron chi connectivity index (χ3n) is 16.7. The highest BCUT2D eigenvalue weighted by atomic mass is 15.1. The summed E-state index contributed by atoms with van der Waals surface area (Å²) < 4.78 is 4.99. The van der Waals surface area contributed by atoms with Gasteiger partial charge in [-0.15, -0.1) is 0 Å². The molecule has 0 bridgehead atoms. The Labute approximate surface area is 424 Å². The average molecular weight is 933 g/mol. The van der Waals surface area contributed by atoms with E-state index in [1.54, 1.807) is 0 Å². The second-order valence-electron chi connectivity index (χ2n) is 20.4. The number of hydrogen-bond acceptors (Lipinski definition) is 2. The Bertz CT molecular complexity index is 4310. The fraction of sp³-hybridized carbons (Fsp3) is 0.101. The Morgan fingerprint density at radius 2 is 1.23 bits per heavy atom. The summed E-state index contributed by atoms with van der Waals surface area (Å²) in [5.74, 6) is 0.995. The molecule has 3 aromatic heterocycles. The Kier molecular flexibility index (Phi) is 8.71. The van der Waals surface area contributed by atoms with Gasteiger partial charge in [-0.05, 0) is 136 Å². The molecule has 0 aliphatic heterocycles. The first-order valence-electron chi connectivity index (χ1n) is 26.0. The minimum absolute atomic E-state index is 0.0964. The quantitative estimate of drug-likeness (QED) is 0.161. The van der Waals surface area contributed by atoms with Crippen LogP contribution >= 0.6 is 0 Å². The van der Waals surface area contributed by atoms with Crippen LogP contribution < -0.4 is 0 Å². The van der Waals surface area contributed by atoms with Crippen LogP contribution in [0.1, 0.15) is 70.8 Å². The zero-order valence-electron chi connectivity index (χ0n) is 40.3. The predicted octanol–water partition coefficient (Wildman–Crippen LogP) is 17.0. The number of allylic oxidation sites excluding steroid dienone is 9. The van der Waals surface area contributed by atoms with E-state index in [4.69, 9.17) is 9.97 Å². The number of hydrogen-bond donors (Lipinski definition) is 0. The standard InChI is InChI=1S/C69H48N4/c1-2-18-44(19-3-1)68-71-61-30-14-17-33-64(61)73(68)47-36-34-43(35-37-47)45-40-46(42-48(41-45)72-62-31-15-8-23-52(62)53-24-9-16-32-63(53)72)67-66-54(51-22-7-13-29-60(51)70-67)38-39-59-65(66)55-25-6-12-28-58(55)69(59)56-26-10-4-20-49(56)50-21-5-11-27-57(50)69/h1-5,7-11,13-15,17-31,33-36,38-42,47H,6,12,16,32,37H2. The number of imidazole rings is 1. The van der Waals surface area contributed by atoms with Crippen molar-refractivity contribution >= 4 is 60.8 Å². The summed E-state index contributed by atoms with van der Waals surface area (Å²) >= 11 is 0. The lowest BCUT2D eigenvalue weighted by Gasteiger charge is -2.31. The number of benzene rings is 8. The summed E-state index contributed by atoms with van der Waals surface area (Å²) in [7, 11) is 0. The molecule has 0 saturated heterocycles. The number of para-hydroxylation sites is 4. The summed E-state index contributed by atoms with van der Waals surface area (Å²) in [5, 5.41) is 4.94. The summed E-state index contributed by atoms with van der Waals surface area (Å²) in [6.45, 7) is 0. The first kappa shape index (κ1) is 40.8. The fourth-order valence-electron chi connectivity index (χ4n) is 13.8. The Morgan fingerprint density at radius 1 is 0.521 bits per heavy atom. The molecule has 5 aliphatic rings. The van der Waals surface area contributed by atoms with Crippen LogP contribution in [0.25, 0.3) is 100 Å². The maximum atomic E-state index is 5.85. The van der Waals surface area contributed by atoms with Crippen molar-refractivity contribution < 1.29 is 0 Å². The molecule has 344 valence electrons. The van der Waals surface area contributed by atoms with Crippen molar-refractivity contribution in [2.24, 2.45) is 0 Å². The molecule has 0 saturated carbocycles. The minimum atomic E-state index is -0.426. The van der Waals surface area contributed by atoms with Gasteiger partial charge in [0.2, 0.25) is 0 Å². The summed E-state index contributed by atoms with van der Waals surface area (Å²) in [4.78, 5) is 11.1. The van der Waals surface area contributed by atoms with Crippen molar-refractivity contribution in [2.45, 2.75) is 43.6 Å². The molecule has 1 atom stereocenters. The summed E-state index contributed by atoms with van der Waals surface area (Å²) in [6.07, 6.45) is 21.9. The molecule has 4 heteroatoms. The highest BCUT2D eigenvalue weighted by Gasteiger charge is 2.54. The maximum Gasteiger partial charge on any atom is 0.141 e. The van der Waals surface area contributed by atoms with Crippen molar-refractivity contribution in [3.05, 3.63) is 263 Å². The van der Waals surface area contributed by atoms with Gasteiger partial charge in [0.25, 0.3) is 0 Å². The number of pyridine rings is 1. The monoisotopic (exact) mass is 932 g/mol. The molecule has 11 aromatic rings. The number of nitrogens with zero attached hydrogens (tertiary/aromatic N) is 4. The Morgan fingerprint density at radius 3 is 2.05 bits per heavy atom. The lowest BCUT2D eigenvalue weighted by Crippen LogP contribution is -2.26. The summed E-state index contributed by atoms with van der Waals surface area (Å²) in [6, 6.07) is 67.6. The van der Waals surface area contributed by atoms with Crippen molar-refractivity contribution in [1.29, 1.82) is 0 Å². The van der Waals surface area contributed by atoms with Gasteiger partial charge < -0.3 is 9.13 Å². The van der Waals surface area contributed by atoms with Gasteiger partial charge in [0.05, 0.1) is 39.2 Å². The van der Waals surface area contributed by atoms with E-state index in [1.807, 2.05) is 0 Å². The topological polar surface area (TPSA) is 35.6 Å². The molecule has 5 aliphatic carbocycles. The number of fused-ring (bicyclic) bond motifs is 18. The van der Waals surface area contributed by atoms with E-state index in [0.717, 1.165) is 77.0 Å². The van der Waals surface area contributed by atoms with E-state index in [0.29, 0.717) is 0 Å². The minimum Gasteiger partial charge on any atom is -0.317 e. The van der Waals surface area contributed by atoms with Crippen LogP contribution in [-0.4, -0.2) is 19.1 Å². The van der Waals surface area contributed by atoms with Crippen LogP contribution in [0, 0.1) is 0 Å². The van der Waals surface area contributed by atoms with E-state index < -0.39 is 5.41 Å². The van der Waals surface area contributed by atoms with Crippen LogP contribution in [0.2, 0.25) is 0 Å². The second-order valence-corrected chi connectivity index (χ2v) is 20.4. The first-order chi connectivity index (χ1) is 36.2. The van der Waals surface area contributed by atoms with Crippen molar-refractivity contribution in [2.75, 3.05) is 0 Å². The van der Waals surface area contributed by atoms with Crippen LogP contribution in [0.5, 0.6) is 0 Å². The third kappa shape index (κ3) is 5.72. The van der Waals surface area contributed by atoms with E-state index in [-0.39, 0.29) is 6.04 Å². The molecule has 0 fully saturated rings. The average Bonchev–Trinajstić information content (AvgIpc) is 4.20. The molecule has 16 rings (SSSR count). The smallest absolute Gasteiger partial charge is 0.141 e. The predicted molar refractivity (Wildman–Crippen MR) is 302 cm³/mol. The second kappa shape index (κ2) is 15.6. The van der Waals surface area contributed by atoms with Crippen LogP contribution in [0.4, 0.5) is 0 Å². The molecular weight excluding hydrogens is 885 g/mol. The Hall–Kier alpha value is -8.86. The van der Waals surface area contributed by atoms with Gasteiger partial charge >= 0.3 is 0 Å². The normalized spacial score (nSPS) is 16.9. The third-order valence-corrected chi connectivity index (χ3v) is 16.7. The summed E-state index contributed by atoms with van der Waals surface area (Å²) in [5.41, 5.74) is 24.3.